The first kappa shape index (κ1) is 19.7. The first-order valence-electron chi connectivity index (χ1n) is 10.8. The van der Waals surface area contributed by atoms with Gasteiger partial charge in [0.1, 0.15) is 5.54 Å². The van der Waals surface area contributed by atoms with E-state index in [0.717, 1.165) is 50.3 Å². The Morgan fingerprint density at radius 2 is 1.67 bits per heavy atom. The molecular weight excluding hydrogens is 388 g/mol. The molecule has 0 amide bonds. The number of Topliss-reactive ketones (excluding diaryl/α,β-unsaturated/α-hetero) is 1. The number of thiophene rings is 1. The highest BCUT2D eigenvalue weighted by Gasteiger charge is 2.51. The Bertz CT molecular complexity index is 1050. The van der Waals surface area contributed by atoms with Crippen LogP contribution in [0.2, 0.25) is 0 Å². The highest BCUT2D eigenvalue weighted by Crippen LogP contribution is 2.43. The Morgan fingerprint density at radius 1 is 0.933 bits per heavy atom. The molecule has 30 heavy (non-hydrogen) atoms. The Hall–Kier alpha value is -2.27. The molecule has 0 saturated carbocycles. The molecule has 1 unspecified atom stereocenters. The first-order chi connectivity index (χ1) is 14.6. The number of hydrogen-bond acceptors (Lipinski definition) is 4. The monoisotopic (exact) mass is 416 g/mol. The lowest BCUT2D eigenvalue weighted by atomic mass is 9.82. The molecule has 4 heteroatoms. The third-order valence-electron chi connectivity index (χ3n) is 6.65. The van der Waals surface area contributed by atoms with Crippen molar-refractivity contribution in [2.24, 2.45) is 0 Å². The molecule has 154 valence electrons. The molecule has 3 nitrogen and oxygen atoms in total. The number of hydrogen-bond donors (Lipinski definition) is 0. The second-order valence-corrected chi connectivity index (χ2v) is 9.77. The zero-order valence-electron chi connectivity index (χ0n) is 17.7. The Morgan fingerprint density at radius 3 is 2.33 bits per heavy atom. The summed E-state index contributed by atoms with van der Waals surface area (Å²) in [6.07, 6.45) is 0.774. The molecule has 0 N–H and O–H groups in total. The van der Waals surface area contributed by atoms with Crippen LogP contribution in [0.1, 0.15) is 37.5 Å². The van der Waals surface area contributed by atoms with Gasteiger partial charge in [0.15, 0.2) is 5.78 Å². The van der Waals surface area contributed by atoms with Gasteiger partial charge in [-0.1, -0.05) is 59.7 Å². The number of nitrogens with zero attached hydrogens (tertiary/aromatic N) is 2. The molecular formula is C26H28N2OS. The van der Waals surface area contributed by atoms with Gasteiger partial charge in [0.25, 0.3) is 0 Å². The number of rotatable bonds is 4. The van der Waals surface area contributed by atoms with Crippen LogP contribution in [0.3, 0.4) is 0 Å². The van der Waals surface area contributed by atoms with Gasteiger partial charge in [0, 0.05) is 49.6 Å². The van der Waals surface area contributed by atoms with Crippen LogP contribution in [0.15, 0.2) is 60.0 Å². The van der Waals surface area contributed by atoms with Gasteiger partial charge in [-0.2, -0.15) is 0 Å². The van der Waals surface area contributed by atoms with E-state index in [1.54, 1.807) is 0 Å². The lowest BCUT2D eigenvalue weighted by Gasteiger charge is -2.45. The SMILES string of the molecule is Cc1cc(C)cc(C2(N3CCN(Cc4cccs4)CC3)Cc3ccccc3C2=O)c1. The maximum absolute atomic E-state index is 13.9. The van der Waals surface area contributed by atoms with Gasteiger partial charge in [-0.15, -0.1) is 11.3 Å². The van der Waals surface area contributed by atoms with Crippen LogP contribution in [0.25, 0.3) is 0 Å². The van der Waals surface area contributed by atoms with Crippen LogP contribution in [-0.2, 0) is 18.5 Å². The average molecular weight is 417 g/mol. The third kappa shape index (κ3) is 3.33. The van der Waals surface area contributed by atoms with Gasteiger partial charge >= 0.3 is 0 Å². The zero-order valence-corrected chi connectivity index (χ0v) is 18.5. The second kappa shape index (κ2) is 7.77. The number of benzene rings is 2. The van der Waals surface area contributed by atoms with Gasteiger partial charge < -0.3 is 0 Å². The summed E-state index contributed by atoms with van der Waals surface area (Å²) in [5.41, 5.74) is 5.12. The van der Waals surface area contributed by atoms with Crippen molar-refractivity contribution in [1.82, 2.24) is 9.80 Å². The van der Waals surface area contributed by atoms with Gasteiger partial charge in [0.05, 0.1) is 0 Å². The van der Waals surface area contributed by atoms with Crippen molar-refractivity contribution in [3.05, 3.63) is 92.7 Å². The fraction of sp³-hybridized carbons (Fsp3) is 0.346. The van der Waals surface area contributed by atoms with Crippen molar-refractivity contribution in [3.8, 4) is 0 Å². The minimum atomic E-state index is -0.574. The molecule has 0 bridgehead atoms. The van der Waals surface area contributed by atoms with E-state index < -0.39 is 5.54 Å². The Balaban J connectivity index is 1.48. The summed E-state index contributed by atoms with van der Waals surface area (Å²) in [7, 11) is 0. The van der Waals surface area contributed by atoms with E-state index in [2.05, 4.69) is 71.5 Å². The molecule has 2 heterocycles. The van der Waals surface area contributed by atoms with E-state index in [1.807, 2.05) is 23.5 Å². The standard InChI is InChI=1S/C26H28N2OS/c1-19-14-20(2)16-22(15-19)26(17-21-6-3-4-8-24(21)25(26)29)28-11-9-27(10-12-28)18-23-7-5-13-30-23/h3-8,13-16H,9-12,17-18H2,1-2H3. The number of carbonyl (C=O) groups excluding carboxylic acids is 1. The van der Waals surface area contributed by atoms with Gasteiger partial charge in [-0.25, -0.2) is 0 Å². The first-order valence-corrected chi connectivity index (χ1v) is 11.7. The van der Waals surface area contributed by atoms with E-state index in [-0.39, 0.29) is 5.78 Å². The minimum Gasteiger partial charge on any atom is -0.296 e. The minimum absolute atomic E-state index is 0.273. The van der Waals surface area contributed by atoms with E-state index in [9.17, 15) is 4.79 Å². The lowest BCUT2D eigenvalue weighted by Crippen LogP contribution is -2.58. The van der Waals surface area contributed by atoms with Gasteiger partial charge in [0.2, 0.25) is 0 Å². The van der Waals surface area contributed by atoms with E-state index in [0.29, 0.717) is 0 Å². The van der Waals surface area contributed by atoms with Crippen LogP contribution in [0.5, 0.6) is 0 Å². The van der Waals surface area contributed by atoms with Crippen molar-refractivity contribution >= 4 is 17.1 Å². The Labute approximate surface area is 183 Å². The summed E-state index contributed by atoms with van der Waals surface area (Å²) >= 11 is 1.82. The molecule has 1 aliphatic heterocycles. The number of piperazine rings is 1. The molecule has 2 aromatic carbocycles. The maximum atomic E-state index is 13.9. The normalized spacial score (nSPS) is 22.4. The third-order valence-corrected chi connectivity index (χ3v) is 7.52. The summed E-state index contributed by atoms with van der Waals surface area (Å²) < 4.78 is 0. The second-order valence-electron chi connectivity index (χ2n) is 8.74. The van der Waals surface area contributed by atoms with Gasteiger partial charge in [-0.05, 0) is 36.4 Å². The number of carbonyl (C=O) groups is 1. The number of ketones is 1. The highest BCUT2D eigenvalue weighted by atomic mass is 32.1. The predicted molar refractivity (Wildman–Crippen MR) is 123 cm³/mol. The van der Waals surface area contributed by atoms with Crippen LogP contribution in [0, 0.1) is 13.8 Å². The molecule has 2 aliphatic rings. The van der Waals surface area contributed by atoms with Crippen LogP contribution in [-0.4, -0.2) is 41.8 Å². The smallest absolute Gasteiger partial charge is 0.188 e. The molecule has 1 atom stereocenters. The number of fused-ring (bicyclic) bond motifs is 1. The quantitative estimate of drug-likeness (QED) is 0.609. The largest absolute Gasteiger partial charge is 0.296 e. The summed E-state index contributed by atoms with van der Waals surface area (Å²) in [5, 5.41) is 2.15. The lowest BCUT2D eigenvalue weighted by molar-refractivity contribution is 0.0290. The topological polar surface area (TPSA) is 23.6 Å². The molecule has 3 aromatic rings. The highest BCUT2D eigenvalue weighted by molar-refractivity contribution is 7.09. The van der Waals surface area contributed by atoms with Crippen molar-refractivity contribution < 1.29 is 4.79 Å². The van der Waals surface area contributed by atoms with Crippen molar-refractivity contribution in [2.75, 3.05) is 26.2 Å². The average Bonchev–Trinajstić information content (AvgIpc) is 3.35. The van der Waals surface area contributed by atoms with E-state index in [4.69, 9.17) is 0 Å². The summed E-state index contributed by atoms with van der Waals surface area (Å²) in [4.78, 5) is 20.3. The summed E-state index contributed by atoms with van der Waals surface area (Å²) in [5.74, 6) is 0.273. The molecule has 1 saturated heterocycles. The molecule has 1 aliphatic carbocycles. The summed E-state index contributed by atoms with van der Waals surface area (Å²) in [6, 6.07) is 19.2. The Kier molecular flexibility index (Phi) is 5.10. The van der Waals surface area contributed by atoms with Crippen LogP contribution >= 0.6 is 11.3 Å². The molecule has 1 aromatic heterocycles. The molecule has 0 spiro atoms. The molecule has 1 fully saturated rings. The van der Waals surface area contributed by atoms with Crippen molar-refractivity contribution in [3.63, 3.8) is 0 Å². The van der Waals surface area contributed by atoms with Gasteiger partial charge in [-0.3, -0.25) is 14.6 Å². The number of aryl methyl sites for hydroxylation is 2. The zero-order chi connectivity index (χ0) is 20.7. The van der Waals surface area contributed by atoms with Crippen LogP contribution in [0.4, 0.5) is 0 Å². The van der Waals surface area contributed by atoms with Crippen LogP contribution < -0.4 is 0 Å². The van der Waals surface area contributed by atoms with Crippen molar-refractivity contribution in [2.45, 2.75) is 32.4 Å². The summed E-state index contributed by atoms with van der Waals surface area (Å²) in [6.45, 7) is 9.10. The fourth-order valence-corrected chi connectivity index (χ4v) is 6.02. The van der Waals surface area contributed by atoms with Crippen molar-refractivity contribution in [1.29, 1.82) is 0 Å². The van der Waals surface area contributed by atoms with E-state index in [1.165, 1.54) is 21.6 Å². The molecule has 5 rings (SSSR count). The van der Waals surface area contributed by atoms with E-state index >= 15 is 0 Å². The predicted octanol–water partition coefficient (Wildman–Crippen LogP) is 4.82. The fourth-order valence-electron chi connectivity index (χ4n) is 5.27. The maximum Gasteiger partial charge on any atom is 0.188 e. The molecule has 0 radical (unpaired) electrons.